The van der Waals surface area contributed by atoms with Gasteiger partial charge in [0.15, 0.2) is 0 Å². The summed E-state index contributed by atoms with van der Waals surface area (Å²) in [5.41, 5.74) is 3.48. The molecule has 0 fully saturated rings. The van der Waals surface area contributed by atoms with Crippen molar-refractivity contribution >= 4 is 44.3 Å². The Morgan fingerprint density at radius 3 is 3.03 bits per heavy atom. The Bertz CT molecular complexity index is 1200. The standard InChI is InChI=1S/C20H17FI2N5O/c1-25-10-15(9-24)14-7-17(21)20-27-26-19(28(20)11-14)5-12-2-3-18-13(4-12)6-16(29)8-22-23-18/h2-4,6-11,24-25,29H,5H2,1H3/q-1/p+1. The Balaban J connectivity index is 1.74. The summed E-state index contributed by atoms with van der Waals surface area (Å²) in [5, 5.41) is 27.6. The zero-order chi connectivity index (χ0) is 20.4. The van der Waals surface area contributed by atoms with Crippen molar-refractivity contribution in [2.75, 3.05) is 7.05 Å². The van der Waals surface area contributed by atoms with Crippen LogP contribution in [0.2, 0.25) is 0 Å². The molecular weight excluding hydrogens is 599 g/mol. The van der Waals surface area contributed by atoms with Crippen LogP contribution in [0.15, 0.2) is 42.4 Å². The topological polar surface area (TPSA) is 90.9 Å². The van der Waals surface area contributed by atoms with E-state index < -0.39 is 5.82 Å². The van der Waals surface area contributed by atoms with Crippen LogP contribution < -0.4 is 22.5 Å². The molecule has 0 saturated heterocycles. The quantitative estimate of drug-likeness (QED) is 0.267. The van der Waals surface area contributed by atoms with E-state index in [1.54, 1.807) is 16.8 Å². The number of nitrogens with one attached hydrogen (secondary N) is 1. The Labute approximate surface area is 183 Å². The van der Waals surface area contributed by atoms with Gasteiger partial charge in [0, 0.05) is 0 Å². The summed E-state index contributed by atoms with van der Waals surface area (Å²) in [4.78, 5) is 0. The summed E-state index contributed by atoms with van der Waals surface area (Å²) < 4.78 is 19.6. The van der Waals surface area contributed by atoms with E-state index in [4.69, 9.17) is 5.41 Å². The molecule has 1 aliphatic heterocycles. The molecule has 0 saturated carbocycles. The molecule has 29 heavy (non-hydrogen) atoms. The predicted molar refractivity (Wildman–Crippen MR) is 116 cm³/mol. The molecule has 0 amide bonds. The first-order valence-electron chi connectivity index (χ1n) is 8.77. The van der Waals surface area contributed by atoms with Gasteiger partial charge in [-0.1, -0.05) is 0 Å². The summed E-state index contributed by atoms with van der Waals surface area (Å²) in [6.45, 7) is 0. The summed E-state index contributed by atoms with van der Waals surface area (Å²) in [6.07, 6.45) is 7.07. The van der Waals surface area contributed by atoms with Crippen LogP contribution in [0.5, 0.6) is 0 Å². The van der Waals surface area contributed by atoms with E-state index in [1.807, 2.05) is 22.5 Å². The normalized spacial score (nSPS) is 14.4. The molecular formula is C20H18FI2N5O. The third kappa shape index (κ3) is 4.31. The number of aliphatic hydroxyl groups is 1. The molecule has 9 heteroatoms. The molecule has 0 spiro atoms. The maximum atomic E-state index is 14.6. The fourth-order valence-electron chi connectivity index (χ4n) is 3.04. The second kappa shape index (κ2) is 8.79. The second-order valence-electron chi connectivity index (χ2n) is 6.35. The van der Waals surface area contributed by atoms with Crippen molar-refractivity contribution in [3.05, 3.63) is 74.3 Å². The van der Waals surface area contributed by atoms with Crippen LogP contribution in [0.25, 0.3) is 17.3 Å². The maximum absolute atomic E-state index is 14.6. The van der Waals surface area contributed by atoms with E-state index in [2.05, 4.69) is 28.4 Å². The molecule has 0 radical (unpaired) electrons. The number of rotatable bonds is 5. The Hall–Kier alpha value is -1.99. The zero-order valence-corrected chi connectivity index (χ0v) is 19.7. The van der Waals surface area contributed by atoms with Gasteiger partial charge in [0.2, 0.25) is 0 Å². The molecule has 2 aromatic heterocycles. The number of fused-ring (bicyclic) bond motifs is 2. The minimum atomic E-state index is -0.468. The van der Waals surface area contributed by atoms with E-state index in [0.717, 1.165) is 11.1 Å². The Morgan fingerprint density at radius 2 is 2.24 bits per heavy atom. The molecule has 3 heterocycles. The van der Waals surface area contributed by atoms with Gasteiger partial charge in [-0.3, -0.25) is 0 Å². The number of pyridine rings is 1. The molecule has 0 atom stereocenters. The fraction of sp³-hybridized carbons (Fsp3) is 0.100. The van der Waals surface area contributed by atoms with Crippen LogP contribution in [0, 0.1) is 14.8 Å². The summed E-state index contributed by atoms with van der Waals surface area (Å²) in [5.74, 6) is 0.511. The minimum absolute atomic E-state index is 0.0456. The number of hydrogen-bond acceptors (Lipinski definition) is 4. The van der Waals surface area contributed by atoms with E-state index in [-0.39, 0.29) is 39.6 Å². The Kier molecular flexibility index (Phi) is 6.15. The van der Waals surface area contributed by atoms with Crippen LogP contribution in [0.4, 0.5) is 4.39 Å². The van der Waals surface area contributed by atoms with Crippen LogP contribution in [0.1, 0.15) is 22.5 Å². The molecule has 6 nitrogen and oxygen atoms in total. The molecule has 3 aromatic rings. The molecule has 0 unspecified atom stereocenters. The van der Waals surface area contributed by atoms with Crippen molar-refractivity contribution in [1.82, 2.24) is 14.6 Å². The third-order valence-corrected chi connectivity index (χ3v) is 13.0. The number of halogens is 3. The van der Waals surface area contributed by atoms with Gasteiger partial charge in [0.05, 0.1) is 7.05 Å². The van der Waals surface area contributed by atoms with Crippen molar-refractivity contribution in [1.29, 1.82) is 5.41 Å². The first-order valence-corrected chi connectivity index (χ1v) is 17.4. The van der Waals surface area contributed by atoms with Gasteiger partial charge in [-0.25, -0.2) is 0 Å². The number of quaternary nitrogens is 1. The van der Waals surface area contributed by atoms with Gasteiger partial charge < -0.3 is 0 Å². The van der Waals surface area contributed by atoms with Gasteiger partial charge in [0.25, 0.3) is 0 Å². The number of nitrogens with two attached hydrogens (primary N) is 1. The van der Waals surface area contributed by atoms with Crippen LogP contribution in [0.3, 0.4) is 0 Å². The Morgan fingerprint density at radius 1 is 1.38 bits per heavy atom. The number of hydrogen-bond donors (Lipinski definition) is 3. The van der Waals surface area contributed by atoms with Crippen LogP contribution in [-0.2, 0) is 6.42 Å². The second-order valence-corrected chi connectivity index (χ2v) is 14.9. The fourth-order valence-corrected chi connectivity index (χ4v) is 11.3. The van der Waals surface area contributed by atoms with Crippen LogP contribution in [-0.4, -0.2) is 37.0 Å². The zero-order valence-electron chi connectivity index (χ0n) is 15.4. The van der Waals surface area contributed by atoms with Crippen molar-refractivity contribution in [3.8, 4) is 0 Å². The number of allylic oxidation sites excluding steroid dienone is 2. The van der Waals surface area contributed by atoms with Gasteiger partial charge in [-0.05, 0) is 0 Å². The number of nitrogens with zero attached hydrogens (tertiary/aromatic N) is 3. The average Bonchev–Trinajstić information content (AvgIpc) is 3.00. The van der Waals surface area contributed by atoms with E-state index in [9.17, 15) is 9.50 Å². The predicted octanol–water partition coefficient (Wildman–Crippen LogP) is -0.498. The SMILES string of the molecule is C[NH2+]C=C(C=N)c1cc(F)c2nnc(Cc3ccc4c(c3)C=C(O)C=I[I-]4)n2c1. The van der Waals surface area contributed by atoms with Gasteiger partial charge in [-0.15, -0.1) is 0 Å². The third-order valence-electron chi connectivity index (χ3n) is 4.36. The number of benzene rings is 1. The van der Waals surface area contributed by atoms with Crippen molar-refractivity contribution < 1.29 is 32.0 Å². The van der Waals surface area contributed by atoms with Crippen molar-refractivity contribution in [2.45, 2.75) is 6.42 Å². The van der Waals surface area contributed by atoms with Gasteiger partial charge >= 0.3 is 177 Å². The first-order chi connectivity index (χ1) is 14.1. The summed E-state index contributed by atoms with van der Waals surface area (Å²) >= 11 is -0.110. The summed E-state index contributed by atoms with van der Waals surface area (Å²) in [6, 6.07) is 7.68. The van der Waals surface area contributed by atoms with Gasteiger partial charge in [0.1, 0.15) is 0 Å². The number of aromatic nitrogens is 3. The molecule has 0 bridgehead atoms. The van der Waals surface area contributed by atoms with Crippen molar-refractivity contribution in [2.24, 2.45) is 0 Å². The molecule has 4 N–H and O–H groups in total. The molecule has 4 rings (SSSR count). The number of aliphatic hydroxyl groups excluding tert-OH is 1. The van der Waals surface area contributed by atoms with E-state index in [1.165, 1.54) is 15.9 Å². The van der Waals surface area contributed by atoms with Crippen molar-refractivity contribution in [3.63, 3.8) is 0 Å². The van der Waals surface area contributed by atoms with E-state index in [0.29, 0.717) is 29.1 Å². The average molecular weight is 617 g/mol. The summed E-state index contributed by atoms with van der Waals surface area (Å²) in [7, 11) is 1.86. The monoisotopic (exact) mass is 617 g/mol. The molecule has 1 aromatic carbocycles. The molecule has 0 aliphatic carbocycles. The first kappa shape index (κ1) is 20.3. The van der Waals surface area contributed by atoms with Gasteiger partial charge in [-0.2, -0.15) is 0 Å². The van der Waals surface area contributed by atoms with E-state index >= 15 is 0 Å². The van der Waals surface area contributed by atoms with Crippen LogP contribution >= 0.6 is 16.8 Å². The molecule has 150 valence electrons. The molecule has 1 aliphatic rings.